The molecule has 1 aliphatic carbocycles. The molecule has 0 bridgehead atoms. The third kappa shape index (κ3) is 6.58. The number of imidazole rings is 1. The first-order chi connectivity index (χ1) is 14.0. The molecule has 7 nitrogen and oxygen atoms in total. The third-order valence-corrected chi connectivity index (χ3v) is 5.31. The van der Waals surface area contributed by atoms with E-state index in [1.165, 1.54) is 0 Å². The van der Waals surface area contributed by atoms with Crippen molar-refractivity contribution >= 4 is 41.5 Å². The van der Waals surface area contributed by atoms with Crippen molar-refractivity contribution in [1.82, 2.24) is 25.3 Å². The molecule has 2 unspecified atom stereocenters. The van der Waals surface area contributed by atoms with E-state index in [4.69, 9.17) is 4.99 Å². The first-order valence-corrected chi connectivity index (χ1v) is 10.7. The number of pyridine rings is 1. The van der Waals surface area contributed by atoms with Gasteiger partial charge in [0.15, 0.2) is 5.96 Å². The summed E-state index contributed by atoms with van der Waals surface area (Å²) in [5.41, 5.74) is 3.04. The zero-order valence-corrected chi connectivity index (χ0v) is 20.8. The molecule has 8 heteroatoms. The fourth-order valence-corrected chi connectivity index (χ4v) is 3.91. The maximum atomic E-state index is 12.4. The Kier molecular flexibility index (Phi) is 9.38. The van der Waals surface area contributed by atoms with E-state index >= 15 is 0 Å². The topological polar surface area (TPSA) is 82.8 Å². The quantitative estimate of drug-likeness (QED) is 0.306. The van der Waals surface area contributed by atoms with E-state index in [0.29, 0.717) is 6.54 Å². The second-order valence-corrected chi connectivity index (χ2v) is 8.19. The first-order valence-electron chi connectivity index (χ1n) is 10.7. The van der Waals surface area contributed by atoms with E-state index in [-0.39, 0.29) is 47.9 Å². The lowest BCUT2D eigenvalue weighted by atomic mass is 9.85. The molecule has 1 fully saturated rings. The van der Waals surface area contributed by atoms with Crippen molar-refractivity contribution in [2.45, 2.75) is 72.0 Å². The first kappa shape index (κ1) is 24.4. The smallest absolute Gasteiger partial charge is 0.223 e. The van der Waals surface area contributed by atoms with Gasteiger partial charge in [0.1, 0.15) is 5.65 Å². The molecule has 1 aliphatic rings. The summed E-state index contributed by atoms with van der Waals surface area (Å²) in [6, 6.07) is 6.54. The Labute approximate surface area is 196 Å². The van der Waals surface area contributed by atoms with Crippen LogP contribution in [0.5, 0.6) is 0 Å². The van der Waals surface area contributed by atoms with Gasteiger partial charge in [0.2, 0.25) is 5.91 Å². The normalized spacial score (nSPS) is 19.4. The van der Waals surface area contributed by atoms with Gasteiger partial charge in [-0.1, -0.05) is 12.5 Å². The molecular weight excluding hydrogens is 491 g/mol. The van der Waals surface area contributed by atoms with E-state index in [1.54, 1.807) is 0 Å². The second-order valence-electron chi connectivity index (χ2n) is 8.19. The summed E-state index contributed by atoms with van der Waals surface area (Å²) < 4.78 is 2.09. The van der Waals surface area contributed by atoms with Crippen molar-refractivity contribution in [2.75, 3.05) is 6.54 Å². The minimum atomic E-state index is 0. The molecule has 0 aromatic carbocycles. The van der Waals surface area contributed by atoms with Crippen molar-refractivity contribution < 1.29 is 4.79 Å². The number of carbonyl (C=O) groups is 1. The van der Waals surface area contributed by atoms with Gasteiger partial charge in [0, 0.05) is 36.4 Å². The molecule has 2 heterocycles. The molecule has 30 heavy (non-hydrogen) atoms. The predicted molar refractivity (Wildman–Crippen MR) is 132 cm³/mol. The Hall–Kier alpha value is -1.84. The minimum Gasteiger partial charge on any atom is -0.357 e. The number of rotatable bonds is 6. The molecule has 0 radical (unpaired) electrons. The zero-order valence-electron chi connectivity index (χ0n) is 18.4. The lowest BCUT2D eigenvalue weighted by Crippen LogP contribution is -2.47. The summed E-state index contributed by atoms with van der Waals surface area (Å²) in [6.07, 6.45) is 5.97. The van der Waals surface area contributed by atoms with Crippen LogP contribution in [0, 0.1) is 12.8 Å². The van der Waals surface area contributed by atoms with Gasteiger partial charge in [-0.15, -0.1) is 24.0 Å². The van der Waals surface area contributed by atoms with Crippen LogP contribution in [-0.4, -0.2) is 39.9 Å². The van der Waals surface area contributed by atoms with E-state index in [1.807, 2.05) is 32.2 Å². The highest BCUT2D eigenvalue weighted by molar-refractivity contribution is 14.0. The van der Waals surface area contributed by atoms with Gasteiger partial charge in [-0.25, -0.2) is 9.98 Å². The zero-order chi connectivity index (χ0) is 20.8. The number of guanidine groups is 1. The van der Waals surface area contributed by atoms with Crippen molar-refractivity contribution in [2.24, 2.45) is 10.9 Å². The van der Waals surface area contributed by atoms with Crippen molar-refractivity contribution in [3.05, 3.63) is 35.8 Å². The van der Waals surface area contributed by atoms with Crippen LogP contribution in [0.15, 0.2) is 29.4 Å². The van der Waals surface area contributed by atoms with E-state index < -0.39 is 0 Å². The second kappa shape index (κ2) is 11.5. The van der Waals surface area contributed by atoms with Crippen LogP contribution in [0.2, 0.25) is 0 Å². The Morgan fingerprint density at radius 3 is 2.83 bits per heavy atom. The van der Waals surface area contributed by atoms with E-state index in [2.05, 4.69) is 45.2 Å². The van der Waals surface area contributed by atoms with Crippen molar-refractivity contribution in [3.63, 3.8) is 0 Å². The fraction of sp³-hybridized carbons (Fsp3) is 0.591. The average molecular weight is 526 g/mol. The average Bonchev–Trinajstić information content (AvgIpc) is 3.11. The number of amides is 1. The van der Waals surface area contributed by atoms with Crippen LogP contribution in [0.1, 0.15) is 57.8 Å². The highest BCUT2D eigenvalue weighted by Gasteiger charge is 2.28. The molecule has 0 aliphatic heterocycles. The van der Waals surface area contributed by atoms with Gasteiger partial charge in [0.25, 0.3) is 0 Å². The van der Waals surface area contributed by atoms with Gasteiger partial charge < -0.3 is 20.4 Å². The summed E-state index contributed by atoms with van der Waals surface area (Å²) in [5.74, 6) is 1.04. The van der Waals surface area contributed by atoms with Gasteiger partial charge in [-0.2, -0.15) is 0 Å². The Bertz CT molecular complexity index is 862. The van der Waals surface area contributed by atoms with Crippen LogP contribution in [0.4, 0.5) is 0 Å². The van der Waals surface area contributed by atoms with Crippen LogP contribution in [-0.2, 0) is 11.3 Å². The lowest BCUT2D eigenvalue weighted by molar-refractivity contribution is -0.126. The van der Waals surface area contributed by atoms with Crippen LogP contribution < -0.4 is 16.0 Å². The molecule has 3 rings (SSSR count). The van der Waals surface area contributed by atoms with Crippen LogP contribution >= 0.6 is 24.0 Å². The largest absolute Gasteiger partial charge is 0.357 e. The number of carbonyl (C=O) groups excluding carboxylic acids is 1. The molecular formula is C22H35IN6O. The van der Waals surface area contributed by atoms with E-state index in [9.17, 15) is 4.79 Å². The number of nitrogens with zero attached hydrogens (tertiary/aromatic N) is 3. The number of halogens is 1. The number of fused-ring (bicyclic) bond motifs is 1. The fourth-order valence-electron chi connectivity index (χ4n) is 3.91. The van der Waals surface area contributed by atoms with Gasteiger partial charge in [-0.05, 0) is 59.1 Å². The lowest BCUT2D eigenvalue weighted by Gasteiger charge is -2.30. The number of aryl methyl sites for hydroxylation is 1. The highest BCUT2D eigenvalue weighted by Crippen LogP contribution is 2.24. The number of hydrogen-bond donors (Lipinski definition) is 3. The summed E-state index contributed by atoms with van der Waals surface area (Å²) in [7, 11) is 0. The van der Waals surface area contributed by atoms with E-state index in [0.717, 1.165) is 55.2 Å². The Morgan fingerprint density at radius 1 is 1.33 bits per heavy atom. The molecule has 0 saturated heterocycles. The predicted octanol–water partition coefficient (Wildman–Crippen LogP) is 3.40. The van der Waals surface area contributed by atoms with Crippen molar-refractivity contribution in [1.29, 1.82) is 0 Å². The maximum absolute atomic E-state index is 12.4. The SMILES string of the molecule is CCNC(=NCc1cn2c(C)cccc2n1)NC1CCCC(C(=O)NC(C)C)C1.I. The third-order valence-electron chi connectivity index (χ3n) is 5.31. The Morgan fingerprint density at radius 2 is 2.13 bits per heavy atom. The van der Waals surface area contributed by atoms with Gasteiger partial charge >= 0.3 is 0 Å². The molecule has 2 aromatic heterocycles. The minimum absolute atomic E-state index is 0. The molecule has 1 saturated carbocycles. The number of hydrogen-bond acceptors (Lipinski definition) is 3. The summed E-state index contributed by atoms with van der Waals surface area (Å²) in [5, 5.41) is 9.91. The maximum Gasteiger partial charge on any atom is 0.223 e. The molecule has 166 valence electrons. The summed E-state index contributed by atoms with van der Waals surface area (Å²) >= 11 is 0. The van der Waals surface area contributed by atoms with Gasteiger partial charge in [-0.3, -0.25) is 4.79 Å². The molecule has 2 aromatic rings. The molecule has 2 atom stereocenters. The number of aromatic nitrogens is 2. The number of aliphatic imine (C=N–C) groups is 1. The standard InChI is InChI=1S/C22H34N6O.HI/c1-5-23-22(24-13-19-14-28-16(4)8-6-11-20(28)26-19)27-18-10-7-9-17(12-18)21(29)25-15(2)3;/h6,8,11,14-15,17-18H,5,7,9-10,12-13H2,1-4H3,(H,25,29)(H2,23,24,27);1H. The summed E-state index contributed by atoms with van der Waals surface area (Å²) in [6.45, 7) is 9.45. The van der Waals surface area contributed by atoms with Crippen molar-refractivity contribution in [3.8, 4) is 0 Å². The van der Waals surface area contributed by atoms with Gasteiger partial charge in [0.05, 0.1) is 12.2 Å². The molecule has 3 N–H and O–H groups in total. The summed E-state index contributed by atoms with van der Waals surface area (Å²) in [4.78, 5) is 21.8. The Balaban J connectivity index is 0.00000320. The van der Waals surface area contributed by atoms with Crippen LogP contribution in [0.3, 0.4) is 0 Å². The van der Waals surface area contributed by atoms with Crippen LogP contribution in [0.25, 0.3) is 5.65 Å². The monoisotopic (exact) mass is 526 g/mol. The number of nitrogens with one attached hydrogen (secondary N) is 3. The molecule has 1 amide bonds. The molecule has 0 spiro atoms. The highest BCUT2D eigenvalue weighted by atomic mass is 127.